The van der Waals surface area contributed by atoms with Crippen LogP contribution in [-0.4, -0.2) is 33.0 Å². The zero-order valence-corrected chi connectivity index (χ0v) is 22.2. The van der Waals surface area contributed by atoms with Crippen LogP contribution in [-0.2, 0) is 6.18 Å². The molecule has 202 valence electrons. The normalized spacial score (nSPS) is 18.8. The zero-order chi connectivity index (χ0) is 26.9. The van der Waals surface area contributed by atoms with Crippen LogP contribution in [0.1, 0.15) is 63.0 Å². The summed E-state index contributed by atoms with van der Waals surface area (Å²) in [5.41, 5.74) is 4.54. The van der Waals surface area contributed by atoms with Gasteiger partial charge in [-0.2, -0.15) is 18.3 Å². The van der Waals surface area contributed by atoms with Crippen molar-refractivity contribution in [1.29, 1.82) is 0 Å². The number of methoxy groups -OCH3 is 2. The van der Waals surface area contributed by atoms with E-state index in [2.05, 4.69) is 17.9 Å². The van der Waals surface area contributed by atoms with E-state index >= 15 is 0 Å². The van der Waals surface area contributed by atoms with Crippen LogP contribution >= 0.6 is 0 Å². The lowest BCUT2D eigenvalue weighted by Gasteiger charge is -2.33. The highest BCUT2D eigenvalue weighted by atomic mass is 19.4. The molecule has 0 saturated carbocycles. The summed E-state index contributed by atoms with van der Waals surface area (Å²) in [6.45, 7) is 3.76. The minimum absolute atomic E-state index is 0.0649. The second-order valence-corrected chi connectivity index (χ2v) is 9.94. The molecule has 0 radical (unpaired) electrons. The van der Waals surface area contributed by atoms with E-state index in [1.54, 1.807) is 37.4 Å². The second-order valence-electron chi connectivity index (χ2n) is 9.94. The monoisotopic (exact) mass is 525 g/mol. The van der Waals surface area contributed by atoms with Gasteiger partial charge in [0.1, 0.15) is 11.5 Å². The van der Waals surface area contributed by atoms with E-state index < -0.39 is 11.7 Å². The van der Waals surface area contributed by atoms with Gasteiger partial charge in [-0.3, -0.25) is 0 Å². The maximum atomic E-state index is 14.4. The molecule has 0 spiro atoms. The maximum Gasteiger partial charge on any atom is 0.418 e. The molecule has 2 aromatic rings. The molecule has 0 atom stereocenters. The van der Waals surface area contributed by atoms with Crippen LogP contribution in [0.2, 0.25) is 0 Å². The van der Waals surface area contributed by atoms with Crippen molar-refractivity contribution in [2.24, 2.45) is 5.10 Å². The molecule has 0 amide bonds. The van der Waals surface area contributed by atoms with Crippen molar-refractivity contribution in [2.75, 3.05) is 37.2 Å². The Morgan fingerprint density at radius 1 is 0.921 bits per heavy atom. The van der Waals surface area contributed by atoms with Crippen LogP contribution in [0.25, 0.3) is 0 Å². The SMILES string of the molecule is CCC/C=C1\C2=C(CCC2)C(c2cc(OC)cc(OC)c2)=NN1c1cc(N2CCCC2)ccc1C(F)(F)F. The predicted molar refractivity (Wildman–Crippen MR) is 145 cm³/mol. The summed E-state index contributed by atoms with van der Waals surface area (Å²) in [4.78, 5) is 2.15. The van der Waals surface area contributed by atoms with Crippen LogP contribution in [0, 0.1) is 0 Å². The third-order valence-electron chi connectivity index (χ3n) is 7.48. The minimum atomic E-state index is -4.52. The van der Waals surface area contributed by atoms with Crippen LogP contribution in [0.5, 0.6) is 11.5 Å². The fraction of sp³-hybridized carbons (Fsp3) is 0.433. The lowest BCUT2D eigenvalue weighted by atomic mass is 9.94. The van der Waals surface area contributed by atoms with Crippen molar-refractivity contribution >= 4 is 17.1 Å². The number of alkyl halides is 3. The van der Waals surface area contributed by atoms with E-state index in [1.165, 1.54) is 6.07 Å². The molecular weight excluding hydrogens is 491 g/mol. The van der Waals surface area contributed by atoms with Gasteiger partial charge in [-0.1, -0.05) is 19.4 Å². The van der Waals surface area contributed by atoms with E-state index in [0.717, 1.165) is 86.1 Å². The Hall–Kier alpha value is -3.42. The summed E-state index contributed by atoms with van der Waals surface area (Å²) < 4.78 is 54.3. The number of benzene rings is 2. The van der Waals surface area contributed by atoms with Crippen molar-refractivity contribution in [3.63, 3.8) is 0 Å². The number of hydrogen-bond acceptors (Lipinski definition) is 5. The highest BCUT2D eigenvalue weighted by Crippen LogP contribution is 2.46. The number of unbranched alkanes of at least 4 members (excludes halogenated alkanes) is 1. The fourth-order valence-electron chi connectivity index (χ4n) is 5.59. The number of rotatable bonds is 7. The Labute approximate surface area is 222 Å². The first-order valence-corrected chi connectivity index (χ1v) is 13.3. The number of hydrazone groups is 1. The molecule has 1 aliphatic carbocycles. The summed E-state index contributed by atoms with van der Waals surface area (Å²) in [7, 11) is 3.16. The molecule has 3 aliphatic rings. The molecule has 5 rings (SSSR count). The number of anilines is 2. The van der Waals surface area contributed by atoms with Gasteiger partial charge in [-0.05, 0) is 80.0 Å². The van der Waals surface area contributed by atoms with Crippen LogP contribution in [0.3, 0.4) is 0 Å². The Kier molecular flexibility index (Phi) is 7.41. The van der Waals surface area contributed by atoms with E-state index in [4.69, 9.17) is 14.6 Å². The summed E-state index contributed by atoms with van der Waals surface area (Å²) >= 11 is 0. The maximum absolute atomic E-state index is 14.4. The van der Waals surface area contributed by atoms with Gasteiger partial charge >= 0.3 is 6.18 Å². The molecule has 0 N–H and O–H groups in total. The first kappa shape index (κ1) is 26.2. The van der Waals surface area contributed by atoms with Crippen LogP contribution < -0.4 is 19.4 Å². The molecule has 2 heterocycles. The van der Waals surface area contributed by atoms with Gasteiger partial charge in [0.15, 0.2) is 0 Å². The molecule has 1 saturated heterocycles. The zero-order valence-electron chi connectivity index (χ0n) is 22.2. The number of hydrogen-bond donors (Lipinski definition) is 0. The molecule has 0 unspecified atom stereocenters. The molecule has 0 bridgehead atoms. The van der Waals surface area contributed by atoms with Crippen LogP contribution in [0.4, 0.5) is 24.5 Å². The molecule has 2 aliphatic heterocycles. The van der Waals surface area contributed by atoms with E-state index in [0.29, 0.717) is 17.2 Å². The number of allylic oxidation sites excluding steroid dienone is 3. The highest BCUT2D eigenvalue weighted by Gasteiger charge is 2.39. The Morgan fingerprint density at radius 2 is 1.61 bits per heavy atom. The second kappa shape index (κ2) is 10.8. The minimum Gasteiger partial charge on any atom is -0.497 e. The molecule has 5 nitrogen and oxygen atoms in total. The number of ether oxygens (including phenoxy) is 2. The summed E-state index contributed by atoms with van der Waals surface area (Å²) in [6, 6.07) is 9.99. The van der Waals surface area contributed by atoms with Crippen molar-refractivity contribution in [1.82, 2.24) is 0 Å². The largest absolute Gasteiger partial charge is 0.497 e. The van der Waals surface area contributed by atoms with E-state index in [9.17, 15) is 13.2 Å². The Bertz CT molecular complexity index is 1270. The Balaban J connectivity index is 1.73. The average Bonchev–Trinajstić information content (AvgIpc) is 3.63. The first-order valence-electron chi connectivity index (χ1n) is 13.3. The molecule has 2 aromatic carbocycles. The van der Waals surface area contributed by atoms with Gasteiger partial charge in [0.2, 0.25) is 0 Å². The standard InChI is InChI=1S/C30H34F3N3O2/c1-4-5-11-27-24-9-8-10-25(24)29(20-16-22(37-2)19-23(17-20)38-3)34-36(27)28-18-21(35-14-6-7-15-35)12-13-26(28)30(31,32)33/h11-13,16-19H,4-10,14-15H2,1-3H3/b27-11+. The smallest absolute Gasteiger partial charge is 0.418 e. The molecule has 38 heavy (non-hydrogen) atoms. The van der Waals surface area contributed by atoms with Crippen LogP contribution in [0.15, 0.2) is 64.4 Å². The fourth-order valence-corrected chi connectivity index (χ4v) is 5.59. The summed E-state index contributed by atoms with van der Waals surface area (Å²) in [5, 5.41) is 6.53. The number of halogens is 3. The average molecular weight is 526 g/mol. The predicted octanol–water partition coefficient (Wildman–Crippen LogP) is 7.71. The van der Waals surface area contributed by atoms with E-state index in [-0.39, 0.29) is 5.69 Å². The highest BCUT2D eigenvalue weighted by molar-refractivity contribution is 6.15. The van der Waals surface area contributed by atoms with Crippen molar-refractivity contribution in [3.8, 4) is 11.5 Å². The molecule has 1 fully saturated rings. The van der Waals surface area contributed by atoms with Crippen molar-refractivity contribution < 1.29 is 22.6 Å². The van der Waals surface area contributed by atoms with Gasteiger partial charge in [0.05, 0.1) is 36.9 Å². The molecule has 0 aromatic heterocycles. The van der Waals surface area contributed by atoms with Gasteiger partial charge in [0.25, 0.3) is 0 Å². The Morgan fingerprint density at radius 3 is 2.24 bits per heavy atom. The van der Waals surface area contributed by atoms with Gasteiger partial charge in [-0.25, -0.2) is 5.01 Å². The third kappa shape index (κ3) is 5.00. The lowest BCUT2D eigenvalue weighted by Crippen LogP contribution is -2.29. The molecule has 8 heteroatoms. The third-order valence-corrected chi connectivity index (χ3v) is 7.48. The van der Waals surface area contributed by atoms with Crippen molar-refractivity contribution in [3.05, 3.63) is 70.4 Å². The van der Waals surface area contributed by atoms with Gasteiger partial charge in [0, 0.05) is 30.4 Å². The lowest BCUT2D eigenvalue weighted by molar-refractivity contribution is -0.137. The van der Waals surface area contributed by atoms with Gasteiger partial charge in [-0.15, -0.1) is 0 Å². The quantitative estimate of drug-likeness (QED) is 0.371. The first-order chi connectivity index (χ1) is 18.3. The topological polar surface area (TPSA) is 37.3 Å². The summed E-state index contributed by atoms with van der Waals surface area (Å²) in [5.74, 6) is 1.21. The van der Waals surface area contributed by atoms with Crippen molar-refractivity contribution in [2.45, 2.75) is 58.0 Å². The number of nitrogens with zero attached hydrogens (tertiary/aromatic N) is 3. The molecular formula is C30H34F3N3O2. The summed E-state index contributed by atoms with van der Waals surface area (Å²) in [6.07, 6.45) is 3.82. The van der Waals surface area contributed by atoms with E-state index in [1.807, 2.05) is 12.1 Å². The van der Waals surface area contributed by atoms with Gasteiger partial charge < -0.3 is 14.4 Å².